The van der Waals surface area contributed by atoms with Gasteiger partial charge in [0.2, 0.25) is 0 Å². The van der Waals surface area contributed by atoms with Gasteiger partial charge in [-0.2, -0.15) is 0 Å². The Morgan fingerprint density at radius 1 is 1.10 bits per heavy atom. The molecule has 106 valence electrons. The van der Waals surface area contributed by atoms with Gasteiger partial charge in [0.05, 0.1) is 11.1 Å². The van der Waals surface area contributed by atoms with E-state index in [1.807, 2.05) is 0 Å². The van der Waals surface area contributed by atoms with Crippen molar-refractivity contribution in [3.8, 4) is 11.4 Å². The van der Waals surface area contributed by atoms with Crippen molar-refractivity contribution < 1.29 is 8.78 Å². The molecule has 0 atom stereocenters. The molecule has 3 nitrogen and oxygen atoms in total. The molecule has 2 N–H and O–H groups in total. The Hall–Kier alpha value is -2.27. The SMILES string of the molecule is Cc1ccc(F)c(-c2nc(N)c3ccc(Cl)cc3n2)c1F. The smallest absolute Gasteiger partial charge is 0.168 e. The minimum absolute atomic E-state index is 0.0963. The summed E-state index contributed by atoms with van der Waals surface area (Å²) >= 11 is 5.91. The van der Waals surface area contributed by atoms with Crippen LogP contribution in [0.4, 0.5) is 14.6 Å². The predicted molar refractivity (Wildman–Crippen MR) is 79.0 cm³/mol. The first-order valence-electron chi connectivity index (χ1n) is 6.15. The Morgan fingerprint density at radius 2 is 1.86 bits per heavy atom. The lowest BCUT2D eigenvalue weighted by Gasteiger charge is -2.09. The molecule has 0 radical (unpaired) electrons. The van der Waals surface area contributed by atoms with E-state index in [2.05, 4.69) is 9.97 Å². The molecule has 0 aliphatic heterocycles. The number of aromatic nitrogens is 2. The molecular formula is C15H10ClF2N3. The molecule has 0 fully saturated rings. The molecule has 0 saturated heterocycles. The maximum Gasteiger partial charge on any atom is 0.168 e. The Balaban J connectivity index is 2.34. The molecule has 0 saturated carbocycles. The molecule has 6 heteroatoms. The van der Waals surface area contributed by atoms with E-state index < -0.39 is 11.6 Å². The first-order chi connectivity index (χ1) is 9.97. The zero-order valence-electron chi connectivity index (χ0n) is 11.0. The predicted octanol–water partition coefficient (Wildman–Crippen LogP) is 4.12. The first kappa shape index (κ1) is 13.7. The van der Waals surface area contributed by atoms with Gasteiger partial charge in [0.15, 0.2) is 5.82 Å². The summed E-state index contributed by atoms with van der Waals surface area (Å²) < 4.78 is 28.1. The van der Waals surface area contributed by atoms with Crippen LogP contribution in [0.1, 0.15) is 5.56 Å². The lowest BCUT2D eigenvalue weighted by molar-refractivity contribution is 0.582. The van der Waals surface area contributed by atoms with Crippen molar-refractivity contribution in [2.24, 2.45) is 0 Å². The molecular weight excluding hydrogens is 296 g/mol. The summed E-state index contributed by atoms with van der Waals surface area (Å²) in [7, 11) is 0. The van der Waals surface area contributed by atoms with Crippen LogP contribution in [-0.4, -0.2) is 9.97 Å². The van der Waals surface area contributed by atoms with Crippen LogP contribution in [0.15, 0.2) is 30.3 Å². The highest BCUT2D eigenvalue weighted by Crippen LogP contribution is 2.29. The normalized spacial score (nSPS) is 11.0. The highest BCUT2D eigenvalue weighted by Gasteiger charge is 2.18. The largest absolute Gasteiger partial charge is 0.383 e. The van der Waals surface area contributed by atoms with E-state index >= 15 is 0 Å². The second kappa shape index (κ2) is 4.93. The summed E-state index contributed by atoms with van der Waals surface area (Å²) in [4.78, 5) is 8.18. The summed E-state index contributed by atoms with van der Waals surface area (Å²) in [5.74, 6) is -1.39. The van der Waals surface area contributed by atoms with Crippen molar-refractivity contribution in [2.75, 3.05) is 5.73 Å². The van der Waals surface area contributed by atoms with Crippen LogP contribution in [0.25, 0.3) is 22.3 Å². The van der Waals surface area contributed by atoms with Crippen molar-refractivity contribution >= 4 is 28.3 Å². The molecule has 0 aliphatic rings. The monoisotopic (exact) mass is 305 g/mol. The average molecular weight is 306 g/mol. The fourth-order valence-electron chi connectivity index (χ4n) is 2.10. The van der Waals surface area contributed by atoms with Gasteiger partial charge in [-0.15, -0.1) is 0 Å². The molecule has 0 spiro atoms. The molecule has 0 amide bonds. The van der Waals surface area contributed by atoms with Gasteiger partial charge in [0, 0.05) is 10.4 Å². The second-order valence-corrected chi connectivity index (χ2v) is 5.08. The quantitative estimate of drug-likeness (QED) is 0.736. The van der Waals surface area contributed by atoms with Crippen molar-refractivity contribution in [1.29, 1.82) is 0 Å². The van der Waals surface area contributed by atoms with E-state index in [0.717, 1.165) is 0 Å². The Kier molecular flexibility index (Phi) is 3.22. The molecule has 3 rings (SSSR count). The molecule has 1 aromatic heterocycles. The Labute approximate surface area is 124 Å². The van der Waals surface area contributed by atoms with Crippen molar-refractivity contribution in [3.63, 3.8) is 0 Å². The zero-order valence-corrected chi connectivity index (χ0v) is 11.7. The van der Waals surface area contributed by atoms with Gasteiger partial charge >= 0.3 is 0 Å². The van der Waals surface area contributed by atoms with Crippen molar-refractivity contribution in [1.82, 2.24) is 9.97 Å². The Bertz CT molecular complexity index is 865. The van der Waals surface area contributed by atoms with Gasteiger partial charge in [-0.3, -0.25) is 0 Å². The standard InChI is InChI=1S/C15H10ClF2N3/c1-7-2-5-10(17)12(13(7)18)15-20-11-6-8(16)3-4-9(11)14(19)21-15/h2-6H,1H3,(H2,19,20,21). The Morgan fingerprint density at radius 3 is 2.62 bits per heavy atom. The summed E-state index contributed by atoms with van der Waals surface area (Å²) in [5.41, 5.74) is 6.30. The van der Waals surface area contributed by atoms with E-state index in [9.17, 15) is 8.78 Å². The number of fused-ring (bicyclic) bond motifs is 1. The minimum atomic E-state index is -0.737. The number of halogens is 3. The number of anilines is 1. The number of benzene rings is 2. The maximum absolute atomic E-state index is 14.2. The van der Waals surface area contributed by atoms with Crippen LogP contribution in [0.5, 0.6) is 0 Å². The van der Waals surface area contributed by atoms with Crippen LogP contribution in [-0.2, 0) is 0 Å². The maximum atomic E-state index is 14.2. The number of nitrogens with zero attached hydrogens (tertiary/aromatic N) is 2. The third-order valence-corrected chi connectivity index (χ3v) is 3.43. The van der Waals surface area contributed by atoms with Crippen molar-refractivity contribution in [2.45, 2.75) is 6.92 Å². The van der Waals surface area contributed by atoms with Crippen LogP contribution in [0.2, 0.25) is 5.02 Å². The van der Waals surface area contributed by atoms with Crippen LogP contribution in [0, 0.1) is 18.6 Å². The number of hydrogen-bond acceptors (Lipinski definition) is 3. The van der Waals surface area contributed by atoms with E-state index in [1.54, 1.807) is 25.1 Å². The van der Waals surface area contributed by atoms with Crippen molar-refractivity contribution in [3.05, 3.63) is 52.6 Å². The minimum Gasteiger partial charge on any atom is -0.383 e. The highest BCUT2D eigenvalue weighted by molar-refractivity contribution is 6.31. The van der Waals surface area contributed by atoms with Gasteiger partial charge in [0.25, 0.3) is 0 Å². The third kappa shape index (κ3) is 2.29. The lowest BCUT2D eigenvalue weighted by atomic mass is 10.1. The van der Waals surface area contributed by atoms with Gasteiger partial charge in [-0.05, 0) is 36.8 Å². The summed E-state index contributed by atoms with van der Waals surface area (Å²) in [6, 6.07) is 7.42. The number of nitrogens with two attached hydrogens (primary N) is 1. The number of aryl methyl sites for hydroxylation is 1. The fourth-order valence-corrected chi connectivity index (χ4v) is 2.27. The van der Waals surface area contributed by atoms with Crippen LogP contribution >= 0.6 is 11.6 Å². The van der Waals surface area contributed by atoms with Gasteiger partial charge < -0.3 is 5.73 Å². The average Bonchev–Trinajstić information content (AvgIpc) is 2.43. The topological polar surface area (TPSA) is 51.8 Å². The first-order valence-corrected chi connectivity index (χ1v) is 6.53. The molecule has 2 aromatic carbocycles. The molecule has 1 heterocycles. The lowest BCUT2D eigenvalue weighted by Crippen LogP contribution is -2.02. The fraction of sp³-hybridized carbons (Fsp3) is 0.0667. The van der Waals surface area contributed by atoms with E-state index in [0.29, 0.717) is 21.5 Å². The zero-order chi connectivity index (χ0) is 15.1. The van der Waals surface area contributed by atoms with Crippen LogP contribution in [0.3, 0.4) is 0 Å². The van der Waals surface area contributed by atoms with Gasteiger partial charge in [0.1, 0.15) is 17.5 Å². The molecule has 0 aliphatic carbocycles. The number of rotatable bonds is 1. The molecule has 0 unspecified atom stereocenters. The summed E-state index contributed by atoms with van der Waals surface area (Å²) in [6.45, 7) is 1.54. The summed E-state index contributed by atoms with van der Waals surface area (Å²) in [5, 5.41) is 1.04. The van der Waals surface area contributed by atoms with Gasteiger partial charge in [-0.1, -0.05) is 17.7 Å². The van der Waals surface area contributed by atoms with E-state index in [4.69, 9.17) is 17.3 Å². The second-order valence-electron chi connectivity index (χ2n) is 4.65. The van der Waals surface area contributed by atoms with E-state index in [-0.39, 0.29) is 17.2 Å². The van der Waals surface area contributed by atoms with Crippen LogP contribution < -0.4 is 5.73 Å². The molecule has 0 bridgehead atoms. The highest BCUT2D eigenvalue weighted by atomic mass is 35.5. The third-order valence-electron chi connectivity index (χ3n) is 3.20. The van der Waals surface area contributed by atoms with E-state index in [1.165, 1.54) is 12.1 Å². The summed E-state index contributed by atoms with van der Waals surface area (Å²) in [6.07, 6.45) is 0. The number of hydrogen-bond donors (Lipinski definition) is 1. The molecule has 21 heavy (non-hydrogen) atoms. The molecule has 3 aromatic rings. The number of nitrogen functional groups attached to an aromatic ring is 1. The van der Waals surface area contributed by atoms with Gasteiger partial charge in [-0.25, -0.2) is 18.7 Å².